The van der Waals surface area contributed by atoms with Crippen LogP contribution in [0.15, 0.2) is 60.8 Å². The normalized spacial score (nSPS) is 11.9. The van der Waals surface area contributed by atoms with Gasteiger partial charge < -0.3 is 5.11 Å². The van der Waals surface area contributed by atoms with Gasteiger partial charge in [-0.3, -0.25) is 9.59 Å². The van der Waals surface area contributed by atoms with Crippen LogP contribution in [0.4, 0.5) is 0 Å². The number of allylic oxidation sites excluding steroid dienone is 10. The predicted octanol–water partition coefficient (Wildman–Crippen LogP) is 11.3. The van der Waals surface area contributed by atoms with Gasteiger partial charge in [0.2, 0.25) is 11.6 Å². The number of hydrogen-bond acceptors (Lipinski definition) is 3. The van der Waals surface area contributed by atoms with Crippen molar-refractivity contribution in [1.29, 1.82) is 0 Å². The first-order valence-electron chi connectivity index (χ1n) is 19.1. The van der Waals surface area contributed by atoms with Crippen molar-refractivity contribution in [2.45, 2.75) is 167 Å². The molecule has 0 aromatic heterocycles. The Balaban J connectivity index is 3.53. The molecule has 0 aromatic carbocycles. The highest BCUT2D eigenvalue weighted by Gasteiger charge is 1.94. The van der Waals surface area contributed by atoms with Crippen molar-refractivity contribution in [3.63, 3.8) is 0 Å². The number of carbonyl (C=O) groups is 2. The van der Waals surface area contributed by atoms with Crippen LogP contribution in [0.25, 0.3) is 0 Å². The van der Waals surface area contributed by atoms with Crippen LogP contribution in [0, 0.1) is 48.4 Å². The molecule has 0 rings (SSSR count). The molecule has 1 unspecified atom stereocenters. The number of terminal acetylenes is 2. The number of aliphatic hydroxyl groups is 1. The van der Waals surface area contributed by atoms with Crippen LogP contribution in [0.5, 0.6) is 0 Å². The second-order valence-electron chi connectivity index (χ2n) is 12.5. The van der Waals surface area contributed by atoms with Gasteiger partial charge in [0, 0.05) is 6.42 Å². The van der Waals surface area contributed by atoms with Gasteiger partial charge in [-0.1, -0.05) is 137 Å². The van der Waals surface area contributed by atoms with E-state index in [1.165, 1.54) is 95.6 Å². The van der Waals surface area contributed by atoms with E-state index in [1.54, 1.807) is 0 Å². The van der Waals surface area contributed by atoms with Crippen LogP contribution in [0.3, 0.4) is 0 Å². The van der Waals surface area contributed by atoms with Crippen molar-refractivity contribution in [3.8, 4) is 48.4 Å². The average molecular weight is 665 g/mol. The molecule has 0 aliphatic rings. The van der Waals surface area contributed by atoms with E-state index in [9.17, 15) is 14.7 Å². The summed E-state index contributed by atoms with van der Waals surface area (Å²) in [6.45, 7) is 0. The van der Waals surface area contributed by atoms with Gasteiger partial charge in [-0.2, -0.15) is 0 Å². The molecule has 0 radical (unpaired) electrons. The molecule has 0 heterocycles. The standard InChI is InChI=1S/C46H64O3/c1-3-44(47)40-36-32-28-24-20-16-12-10-8-6-5-7-9-11-13-18-22-26-30-34-38-42-46(49)43-39-35-31-27-23-19-15-14-17-21-25-29-33-37-41-45(48)4-2/h1-2,13,15,18-19,30,34,36-37,40-41,46,49H,5-12,14,16-17,20-29,31-33,35H2/b18-13-,19-15-,34-30+,40-36+,41-37+. The third kappa shape index (κ3) is 38.6. The maximum Gasteiger partial charge on any atom is 0.228 e. The lowest BCUT2D eigenvalue weighted by Crippen LogP contribution is -1.97. The molecule has 0 saturated heterocycles. The molecule has 49 heavy (non-hydrogen) atoms. The molecule has 0 aliphatic carbocycles. The maximum atomic E-state index is 11.0. The number of unbranched alkanes of at least 4 members (excludes halogenated alkanes) is 21. The molecule has 0 amide bonds. The minimum Gasteiger partial charge on any atom is -0.369 e. The molecule has 0 aromatic rings. The molecule has 266 valence electrons. The van der Waals surface area contributed by atoms with E-state index in [4.69, 9.17) is 12.8 Å². The summed E-state index contributed by atoms with van der Waals surface area (Å²) in [5.41, 5.74) is 0. The van der Waals surface area contributed by atoms with Crippen molar-refractivity contribution in [2.75, 3.05) is 0 Å². The van der Waals surface area contributed by atoms with Crippen LogP contribution in [-0.2, 0) is 9.59 Å². The van der Waals surface area contributed by atoms with Crippen LogP contribution in [0.1, 0.15) is 161 Å². The fourth-order valence-corrected chi connectivity index (χ4v) is 5.08. The highest BCUT2D eigenvalue weighted by Crippen LogP contribution is 2.13. The molecule has 1 atom stereocenters. The van der Waals surface area contributed by atoms with E-state index in [2.05, 4.69) is 65.9 Å². The second kappa shape index (κ2) is 38.7. The topological polar surface area (TPSA) is 54.4 Å². The highest BCUT2D eigenvalue weighted by atomic mass is 16.3. The van der Waals surface area contributed by atoms with Gasteiger partial charge in [-0.25, -0.2) is 0 Å². The first-order valence-corrected chi connectivity index (χ1v) is 19.1. The summed E-state index contributed by atoms with van der Waals surface area (Å²) in [6, 6.07) is 0. The maximum absolute atomic E-state index is 11.0. The van der Waals surface area contributed by atoms with Gasteiger partial charge in [0.25, 0.3) is 0 Å². The predicted molar refractivity (Wildman–Crippen MR) is 210 cm³/mol. The molecule has 0 bridgehead atoms. The van der Waals surface area contributed by atoms with Crippen molar-refractivity contribution in [2.24, 2.45) is 0 Å². The number of carbonyl (C=O) groups excluding carboxylic acids is 2. The van der Waals surface area contributed by atoms with E-state index in [-0.39, 0.29) is 11.6 Å². The van der Waals surface area contributed by atoms with Crippen LogP contribution < -0.4 is 0 Å². The molecular weight excluding hydrogens is 601 g/mol. The van der Waals surface area contributed by atoms with Crippen molar-refractivity contribution >= 4 is 11.6 Å². The monoisotopic (exact) mass is 664 g/mol. The Morgan fingerprint density at radius 1 is 0.469 bits per heavy atom. The zero-order valence-electron chi connectivity index (χ0n) is 30.4. The highest BCUT2D eigenvalue weighted by molar-refractivity contribution is 6.04. The van der Waals surface area contributed by atoms with Gasteiger partial charge in [0.15, 0.2) is 6.10 Å². The van der Waals surface area contributed by atoms with E-state index < -0.39 is 6.10 Å². The Hall–Kier alpha value is -3.76. The summed E-state index contributed by atoms with van der Waals surface area (Å²) >= 11 is 0. The zero-order valence-corrected chi connectivity index (χ0v) is 30.4. The summed E-state index contributed by atoms with van der Waals surface area (Å²) in [5.74, 6) is 15.3. The van der Waals surface area contributed by atoms with Gasteiger partial charge in [0.05, 0.1) is 0 Å². The number of aliphatic hydroxyl groups excluding tert-OH is 1. The molecule has 0 saturated carbocycles. The summed E-state index contributed by atoms with van der Waals surface area (Å²) in [6.07, 6.45) is 58.0. The van der Waals surface area contributed by atoms with Gasteiger partial charge in [-0.05, 0) is 114 Å². The lowest BCUT2D eigenvalue weighted by Gasteiger charge is -2.02. The molecule has 1 N–H and O–H groups in total. The molecular formula is C46H64O3. The Morgan fingerprint density at radius 3 is 1.29 bits per heavy atom. The van der Waals surface area contributed by atoms with Gasteiger partial charge in [-0.15, -0.1) is 12.8 Å². The van der Waals surface area contributed by atoms with E-state index >= 15 is 0 Å². The first-order chi connectivity index (χ1) is 24.1. The molecule has 3 heteroatoms. The van der Waals surface area contributed by atoms with Crippen molar-refractivity contribution in [3.05, 3.63) is 60.8 Å². The van der Waals surface area contributed by atoms with Gasteiger partial charge >= 0.3 is 0 Å². The minimum atomic E-state index is -0.880. The lowest BCUT2D eigenvalue weighted by atomic mass is 10.0. The number of rotatable bonds is 30. The van der Waals surface area contributed by atoms with E-state index in [1.807, 2.05) is 18.2 Å². The second-order valence-corrected chi connectivity index (χ2v) is 12.5. The molecule has 3 nitrogen and oxygen atoms in total. The Morgan fingerprint density at radius 2 is 0.837 bits per heavy atom. The molecule has 0 fully saturated rings. The third-order valence-corrected chi connectivity index (χ3v) is 7.97. The fraction of sp³-hybridized carbons (Fsp3) is 0.565. The number of ketones is 2. The van der Waals surface area contributed by atoms with Crippen molar-refractivity contribution < 1.29 is 14.7 Å². The summed E-state index contributed by atoms with van der Waals surface area (Å²) in [7, 11) is 0. The largest absolute Gasteiger partial charge is 0.369 e. The first kappa shape index (κ1) is 45.2. The average Bonchev–Trinajstić information content (AvgIpc) is 3.11. The van der Waals surface area contributed by atoms with Crippen LogP contribution in [-0.4, -0.2) is 22.8 Å². The SMILES string of the molecule is C#CC(=O)/C=C/CCCCCC/C=C\CCCCC#CC(O)C#C/C=C/CC/C=C\CCCCCCCCCCCCC/C=C/C(=O)C#C. The Bertz CT molecular complexity index is 1190. The fourth-order valence-electron chi connectivity index (χ4n) is 5.08. The third-order valence-electron chi connectivity index (χ3n) is 7.97. The van der Waals surface area contributed by atoms with Crippen LogP contribution in [0.2, 0.25) is 0 Å². The Kier molecular flexibility index (Phi) is 35.7. The summed E-state index contributed by atoms with van der Waals surface area (Å²) < 4.78 is 0. The molecule has 0 spiro atoms. The van der Waals surface area contributed by atoms with Crippen molar-refractivity contribution in [1.82, 2.24) is 0 Å². The number of hydrogen-bond donors (Lipinski definition) is 1. The lowest BCUT2D eigenvalue weighted by molar-refractivity contribution is -0.110. The van der Waals surface area contributed by atoms with Crippen LogP contribution >= 0.6 is 0 Å². The Labute approximate surface area is 301 Å². The van der Waals surface area contributed by atoms with E-state index in [0.29, 0.717) is 0 Å². The zero-order chi connectivity index (χ0) is 35.7. The molecule has 0 aliphatic heterocycles. The smallest absolute Gasteiger partial charge is 0.228 e. The quantitative estimate of drug-likeness (QED) is 0.0273. The van der Waals surface area contributed by atoms with E-state index in [0.717, 1.165) is 77.0 Å². The summed E-state index contributed by atoms with van der Waals surface area (Å²) in [5, 5.41) is 9.93. The minimum absolute atomic E-state index is 0.236. The van der Waals surface area contributed by atoms with Gasteiger partial charge in [0.1, 0.15) is 0 Å². The summed E-state index contributed by atoms with van der Waals surface area (Å²) in [4.78, 5) is 21.9.